The van der Waals surface area contributed by atoms with Gasteiger partial charge in [-0.05, 0) is 30.3 Å². The van der Waals surface area contributed by atoms with Gasteiger partial charge in [0.1, 0.15) is 5.75 Å². The Kier molecular flexibility index (Phi) is 5.25. The number of ether oxygens (including phenoxy) is 2. The number of fused-ring (bicyclic) bond motifs is 1. The van der Waals surface area contributed by atoms with Gasteiger partial charge in [-0.25, -0.2) is 13.1 Å². The molecule has 2 aliphatic rings. The van der Waals surface area contributed by atoms with E-state index in [9.17, 15) is 13.2 Å². The van der Waals surface area contributed by atoms with Crippen LogP contribution in [0.2, 0.25) is 0 Å². The lowest BCUT2D eigenvalue weighted by atomic mass is 9.90. The summed E-state index contributed by atoms with van der Waals surface area (Å²) in [5.41, 5.74) is 2.87. The van der Waals surface area contributed by atoms with Crippen LogP contribution in [0.1, 0.15) is 28.5 Å². The summed E-state index contributed by atoms with van der Waals surface area (Å²) in [4.78, 5) is 15.2. The van der Waals surface area contributed by atoms with Crippen LogP contribution in [0.15, 0.2) is 59.6 Å². The van der Waals surface area contributed by atoms with Crippen molar-refractivity contribution in [3.8, 4) is 11.4 Å². The van der Waals surface area contributed by atoms with Gasteiger partial charge in [0.25, 0.3) is 5.91 Å². The number of hydrogen-bond acceptors (Lipinski definition) is 6. The number of nitrogens with zero attached hydrogens (tertiary/aromatic N) is 3. The van der Waals surface area contributed by atoms with E-state index in [4.69, 9.17) is 9.47 Å². The van der Waals surface area contributed by atoms with Gasteiger partial charge in [0.05, 0.1) is 48.2 Å². The monoisotopic (exact) mass is 467 g/mol. The molecule has 0 N–H and O–H groups in total. The normalized spacial score (nSPS) is 16.8. The van der Waals surface area contributed by atoms with E-state index in [-0.39, 0.29) is 21.8 Å². The van der Waals surface area contributed by atoms with Crippen molar-refractivity contribution in [2.75, 3.05) is 26.1 Å². The van der Waals surface area contributed by atoms with E-state index >= 15 is 0 Å². The highest BCUT2D eigenvalue weighted by Gasteiger charge is 2.35. The first kappa shape index (κ1) is 21.7. The number of aromatic nitrogens is 2. The molecule has 33 heavy (non-hydrogen) atoms. The maximum absolute atomic E-state index is 13.5. The van der Waals surface area contributed by atoms with Crippen LogP contribution in [0.25, 0.3) is 5.69 Å². The topological polar surface area (TPSA) is 90.7 Å². The average molecular weight is 468 g/mol. The van der Waals surface area contributed by atoms with Gasteiger partial charge in [-0.1, -0.05) is 25.1 Å². The molecular weight excluding hydrogens is 442 g/mol. The molecule has 0 atom stereocenters. The highest BCUT2D eigenvalue weighted by atomic mass is 32.2. The zero-order valence-electron chi connectivity index (χ0n) is 18.5. The molecule has 1 aromatic heterocycles. The van der Waals surface area contributed by atoms with Gasteiger partial charge in [0.15, 0.2) is 9.84 Å². The minimum atomic E-state index is -3.48. The third-order valence-corrected chi connectivity index (χ3v) is 7.08. The molecule has 0 spiro atoms. The first-order valence-electron chi connectivity index (χ1n) is 10.7. The van der Waals surface area contributed by atoms with Crippen molar-refractivity contribution in [1.82, 2.24) is 14.7 Å². The molecule has 2 aromatic carbocycles. The van der Waals surface area contributed by atoms with Crippen LogP contribution in [-0.2, 0) is 27.7 Å². The molecule has 0 saturated carbocycles. The molecule has 5 rings (SSSR count). The quantitative estimate of drug-likeness (QED) is 0.554. The molecule has 0 unspecified atom stereocenters. The van der Waals surface area contributed by atoms with Crippen molar-refractivity contribution in [1.29, 1.82) is 0 Å². The molecule has 0 aliphatic carbocycles. The third kappa shape index (κ3) is 4.26. The number of rotatable bonds is 6. The third-order valence-electron chi connectivity index (χ3n) is 5.97. The average Bonchev–Trinajstić information content (AvgIpc) is 3.35. The van der Waals surface area contributed by atoms with E-state index in [0.717, 1.165) is 23.2 Å². The molecule has 9 heteroatoms. The first-order chi connectivity index (χ1) is 15.7. The summed E-state index contributed by atoms with van der Waals surface area (Å²) in [6.07, 6.45) is 3.06. The lowest BCUT2D eigenvalue weighted by molar-refractivity contribution is -0.120. The molecule has 172 valence electrons. The van der Waals surface area contributed by atoms with Crippen LogP contribution in [0, 0.1) is 5.41 Å². The number of para-hydroxylation sites is 1. The summed E-state index contributed by atoms with van der Waals surface area (Å²) in [6, 6.07) is 14.2. The Bertz CT molecular complexity index is 1290. The Morgan fingerprint density at radius 3 is 2.55 bits per heavy atom. The maximum atomic E-state index is 13.5. The predicted octanol–water partition coefficient (Wildman–Crippen LogP) is 2.85. The summed E-state index contributed by atoms with van der Waals surface area (Å²) in [7, 11) is -3.48. The highest BCUT2D eigenvalue weighted by Crippen LogP contribution is 2.32. The number of benzene rings is 2. The number of carbonyl (C=O) groups is 1. The van der Waals surface area contributed by atoms with Crippen molar-refractivity contribution < 1.29 is 22.7 Å². The van der Waals surface area contributed by atoms with Crippen molar-refractivity contribution in [2.45, 2.75) is 24.9 Å². The summed E-state index contributed by atoms with van der Waals surface area (Å²) in [5.74, 6) is 0.0918. The van der Waals surface area contributed by atoms with Crippen LogP contribution in [0.4, 0.5) is 0 Å². The lowest BCUT2D eigenvalue weighted by Crippen LogP contribution is -2.44. The van der Waals surface area contributed by atoms with E-state index in [1.807, 2.05) is 48.1 Å². The van der Waals surface area contributed by atoms with Crippen molar-refractivity contribution in [3.05, 3.63) is 71.5 Å². The highest BCUT2D eigenvalue weighted by molar-refractivity contribution is 7.90. The number of carbonyl (C=O) groups excluding carboxylic acids is 1. The van der Waals surface area contributed by atoms with Gasteiger partial charge in [0, 0.05) is 30.0 Å². The van der Waals surface area contributed by atoms with Gasteiger partial charge >= 0.3 is 0 Å². The molecular formula is C24H25N3O5S. The van der Waals surface area contributed by atoms with Gasteiger partial charge < -0.3 is 14.4 Å². The molecule has 2 aliphatic heterocycles. The first-order valence-corrected chi connectivity index (χ1v) is 12.6. The fourth-order valence-corrected chi connectivity index (χ4v) is 4.65. The van der Waals surface area contributed by atoms with Crippen LogP contribution in [0.3, 0.4) is 0 Å². The Hall–Kier alpha value is -3.17. The maximum Gasteiger partial charge on any atom is 0.258 e. The zero-order valence-corrected chi connectivity index (χ0v) is 19.3. The minimum Gasteiger partial charge on any atom is -0.492 e. The zero-order chi connectivity index (χ0) is 23.2. The Morgan fingerprint density at radius 1 is 1.15 bits per heavy atom. The summed E-state index contributed by atoms with van der Waals surface area (Å²) in [6.45, 7) is 4.37. The number of amides is 1. The lowest BCUT2D eigenvalue weighted by Gasteiger charge is -2.37. The van der Waals surface area contributed by atoms with E-state index in [1.165, 1.54) is 12.1 Å². The number of hydrogen-bond donors (Lipinski definition) is 0. The smallest absolute Gasteiger partial charge is 0.258 e. The van der Waals surface area contributed by atoms with E-state index < -0.39 is 9.84 Å². The molecule has 3 aromatic rings. The molecule has 1 amide bonds. The minimum absolute atomic E-state index is 0.0857. The molecule has 8 nitrogen and oxygen atoms in total. The Morgan fingerprint density at radius 2 is 1.91 bits per heavy atom. The van der Waals surface area contributed by atoms with E-state index in [2.05, 4.69) is 5.10 Å². The van der Waals surface area contributed by atoms with Crippen molar-refractivity contribution in [3.63, 3.8) is 0 Å². The molecule has 0 radical (unpaired) electrons. The largest absolute Gasteiger partial charge is 0.492 e. The second-order valence-corrected chi connectivity index (χ2v) is 11.1. The van der Waals surface area contributed by atoms with Crippen LogP contribution < -0.4 is 4.74 Å². The molecule has 1 saturated heterocycles. The van der Waals surface area contributed by atoms with Crippen LogP contribution >= 0.6 is 0 Å². The fourth-order valence-electron chi connectivity index (χ4n) is 4.00. The summed E-state index contributed by atoms with van der Waals surface area (Å²) >= 11 is 0. The fraction of sp³-hybridized carbons (Fsp3) is 0.333. The van der Waals surface area contributed by atoms with Gasteiger partial charge in [-0.3, -0.25) is 4.79 Å². The molecule has 3 heterocycles. The van der Waals surface area contributed by atoms with E-state index in [1.54, 1.807) is 11.0 Å². The Labute approximate surface area is 192 Å². The van der Waals surface area contributed by atoms with Crippen molar-refractivity contribution in [2.24, 2.45) is 5.41 Å². The van der Waals surface area contributed by atoms with Crippen LogP contribution in [-0.4, -0.2) is 55.1 Å². The second kappa shape index (κ2) is 8.00. The van der Waals surface area contributed by atoms with E-state index in [0.29, 0.717) is 38.7 Å². The predicted molar refractivity (Wildman–Crippen MR) is 121 cm³/mol. The summed E-state index contributed by atoms with van der Waals surface area (Å²) < 4.78 is 37.3. The molecule has 1 fully saturated rings. The van der Waals surface area contributed by atoms with Gasteiger partial charge in [-0.2, -0.15) is 5.10 Å². The standard InChI is InChI=1S/C24H25N3O5S/c1-24(14-31-15-24)16-32-22-9-8-19(33(2,29)30)10-20(22)23(28)26-11-17-12-27(25-21(17)13-26)18-6-4-3-5-7-18/h3-10,12H,11,13-16H2,1-2H3. The SMILES string of the molecule is CC1(COc2ccc(S(C)(=O)=O)cc2C(=O)N2Cc3cn(-c4ccccc4)nc3C2)COC1. The second-order valence-electron chi connectivity index (χ2n) is 9.06. The van der Waals surface area contributed by atoms with Gasteiger partial charge in [-0.15, -0.1) is 0 Å². The van der Waals surface area contributed by atoms with Gasteiger partial charge in [0.2, 0.25) is 0 Å². The summed E-state index contributed by atoms with van der Waals surface area (Å²) in [5, 5.41) is 4.64. The number of sulfone groups is 1. The van der Waals surface area contributed by atoms with Crippen molar-refractivity contribution >= 4 is 15.7 Å². The Balaban J connectivity index is 1.39. The molecule has 0 bridgehead atoms. The van der Waals surface area contributed by atoms with Crippen LogP contribution in [0.5, 0.6) is 5.75 Å².